The highest BCUT2D eigenvalue weighted by atomic mass is 32.2. The van der Waals surface area contributed by atoms with Crippen molar-refractivity contribution in [2.75, 3.05) is 4.72 Å². The molecule has 116 valence electrons. The summed E-state index contributed by atoms with van der Waals surface area (Å²) in [4.78, 5) is 11.0. The number of amides is 1. The first kappa shape index (κ1) is 16.0. The van der Waals surface area contributed by atoms with Gasteiger partial charge in [0.1, 0.15) is 5.82 Å². The molecule has 0 atom stereocenters. The van der Waals surface area contributed by atoms with Crippen LogP contribution in [-0.2, 0) is 10.0 Å². The molecular weight excluding hydrogens is 307 g/mol. The van der Waals surface area contributed by atoms with E-state index in [1.54, 1.807) is 19.9 Å². The van der Waals surface area contributed by atoms with E-state index in [9.17, 15) is 17.6 Å². The van der Waals surface area contributed by atoms with Gasteiger partial charge in [-0.3, -0.25) is 9.52 Å². The first-order chi connectivity index (χ1) is 10.2. The van der Waals surface area contributed by atoms with E-state index >= 15 is 0 Å². The molecule has 7 heteroatoms. The molecule has 3 N–H and O–H groups in total. The molecule has 0 bridgehead atoms. The predicted molar refractivity (Wildman–Crippen MR) is 81.6 cm³/mol. The Labute approximate surface area is 128 Å². The molecule has 2 rings (SSSR count). The molecule has 0 spiro atoms. The molecule has 22 heavy (non-hydrogen) atoms. The minimum absolute atomic E-state index is 0.179. The van der Waals surface area contributed by atoms with Gasteiger partial charge in [-0.15, -0.1) is 0 Å². The predicted octanol–water partition coefficient (Wildman–Crippen LogP) is 2.34. The van der Waals surface area contributed by atoms with Crippen molar-refractivity contribution in [3.8, 4) is 0 Å². The van der Waals surface area contributed by atoms with Crippen LogP contribution in [0.2, 0.25) is 0 Å². The quantitative estimate of drug-likeness (QED) is 0.905. The van der Waals surface area contributed by atoms with Gasteiger partial charge in [0.05, 0.1) is 10.6 Å². The lowest BCUT2D eigenvalue weighted by Crippen LogP contribution is -2.16. The second-order valence-corrected chi connectivity index (χ2v) is 6.65. The summed E-state index contributed by atoms with van der Waals surface area (Å²) in [6.07, 6.45) is 0. The fraction of sp³-hybridized carbons (Fsp3) is 0.133. The molecule has 0 unspecified atom stereocenters. The first-order valence-electron chi connectivity index (χ1n) is 6.39. The number of benzene rings is 2. The monoisotopic (exact) mass is 322 g/mol. The Morgan fingerprint density at radius 3 is 2.41 bits per heavy atom. The van der Waals surface area contributed by atoms with Crippen LogP contribution in [0.15, 0.2) is 41.3 Å². The van der Waals surface area contributed by atoms with Crippen LogP contribution in [0.4, 0.5) is 10.1 Å². The third-order valence-electron chi connectivity index (χ3n) is 3.09. The first-order valence-corrected chi connectivity index (χ1v) is 7.88. The standard InChI is InChI=1S/C15H15FN2O3S/c1-9-5-12(16)8-13(6-9)22(20,21)18-14-7-11(15(17)19)4-3-10(14)2/h3-8,18H,1-2H3,(H2,17,19). The van der Waals surface area contributed by atoms with Gasteiger partial charge in [0.25, 0.3) is 10.0 Å². The number of anilines is 1. The molecule has 2 aromatic carbocycles. The Morgan fingerprint density at radius 1 is 1.14 bits per heavy atom. The van der Waals surface area contributed by atoms with Crippen molar-refractivity contribution in [2.24, 2.45) is 5.73 Å². The molecule has 0 aromatic heterocycles. The summed E-state index contributed by atoms with van der Waals surface area (Å²) in [5.74, 6) is -1.30. The highest BCUT2D eigenvalue weighted by molar-refractivity contribution is 7.92. The van der Waals surface area contributed by atoms with Crippen LogP contribution in [0.5, 0.6) is 0 Å². The van der Waals surface area contributed by atoms with Gasteiger partial charge in [-0.2, -0.15) is 0 Å². The Morgan fingerprint density at radius 2 is 1.82 bits per heavy atom. The number of nitrogens with one attached hydrogen (secondary N) is 1. The highest BCUT2D eigenvalue weighted by Gasteiger charge is 2.17. The van der Waals surface area contributed by atoms with E-state index in [4.69, 9.17) is 5.73 Å². The van der Waals surface area contributed by atoms with Crippen LogP contribution in [-0.4, -0.2) is 14.3 Å². The summed E-state index contributed by atoms with van der Waals surface area (Å²) < 4.78 is 40.4. The number of halogens is 1. The molecule has 2 aromatic rings. The largest absolute Gasteiger partial charge is 0.366 e. The van der Waals surface area contributed by atoms with Crippen molar-refractivity contribution < 1.29 is 17.6 Å². The van der Waals surface area contributed by atoms with Gasteiger partial charge in [0.2, 0.25) is 5.91 Å². The smallest absolute Gasteiger partial charge is 0.262 e. The van der Waals surface area contributed by atoms with Crippen LogP contribution in [0.3, 0.4) is 0 Å². The highest BCUT2D eigenvalue weighted by Crippen LogP contribution is 2.22. The fourth-order valence-electron chi connectivity index (χ4n) is 1.95. The third kappa shape index (κ3) is 3.43. The van der Waals surface area contributed by atoms with Crippen LogP contribution in [0, 0.1) is 19.7 Å². The van der Waals surface area contributed by atoms with Gasteiger partial charge in [-0.25, -0.2) is 12.8 Å². The molecule has 0 radical (unpaired) electrons. The summed E-state index contributed by atoms with van der Waals surface area (Å²) >= 11 is 0. The SMILES string of the molecule is Cc1cc(F)cc(S(=O)(=O)Nc2cc(C(N)=O)ccc2C)c1. The lowest BCUT2D eigenvalue weighted by molar-refractivity contribution is 0.100. The van der Waals surface area contributed by atoms with Gasteiger partial charge in [-0.1, -0.05) is 6.07 Å². The van der Waals surface area contributed by atoms with E-state index in [0.29, 0.717) is 11.1 Å². The van der Waals surface area contributed by atoms with Crippen LogP contribution in [0.25, 0.3) is 0 Å². The molecule has 0 heterocycles. The van der Waals surface area contributed by atoms with Crippen LogP contribution in [0.1, 0.15) is 21.5 Å². The summed E-state index contributed by atoms with van der Waals surface area (Å²) in [5, 5.41) is 0. The number of carbonyl (C=O) groups excluding carboxylic acids is 1. The Bertz CT molecular complexity index is 828. The van der Waals surface area contributed by atoms with Crippen molar-refractivity contribution >= 4 is 21.6 Å². The second-order valence-electron chi connectivity index (χ2n) is 4.96. The zero-order valence-electron chi connectivity index (χ0n) is 12.1. The van der Waals surface area contributed by atoms with E-state index in [1.165, 1.54) is 24.3 Å². The van der Waals surface area contributed by atoms with E-state index in [2.05, 4.69) is 4.72 Å². The van der Waals surface area contributed by atoms with Crippen molar-refractivity contribution in [1.82, 2.24) is 0 Å². The molecule has 5 nitrogen and oxygen atoms in total. The van der Waals surface area contributed by atoms with Crippen molar-refractivity contribution in [3.63, 3.8) is 0 Å². The van der Waals surface area contributed by atoms with Crippen molar-refractivity contribution in [1.29, 1.82) is 0 Å². The van der Waals surface area contributed by atoms with E-state index < -0.39 is 21.7 Å². The van der Waals surface area contributed by atoms with Crippen LogP contribution >= 0.6 is 0 Å². The maximum atomic E-state index is 13.4. The van der Waals surface area contributed by atoms with Gasteiger partial charge in [0, 0.05) is 5.56 Å². The average Bonchev–Trinajstić information content (AvgIpc) is 2.39. The average molecular weight is 322 g/mol. The number of nitrogens with two attached hydrogens (primary N) is 1. The third-order valence-corrected chi connectivity index (χ3v) is 4.44. The van der Waals surface area contributed by atoms with E-state index in [0.717, 1.165) is 6.07 Å². The molecule has 0 saturated carbocycles. The Hall–Kier alpha value is -2.41. The van der Waals surface area contributed by atoms with E-state index in [1.807, 2.05) is 0 Å². The molecule has 1 amide bonds. The van der Waals surface area contributed by atoms with Crippen LogP contribution < -0.4 is 10.5 Å². The van der Waals surface area contributed by atoms with Crippen molar-refractivity contribution in [3.05, 3.63) is 58.9 Å². The van der Waals surface area contributed by atoms with Crippen molar-refractivity contribution in [2.45, 2.75) is 18.7 Å². The zero-order valence-corrected chi connectivity index (χ0v) is 12.9. The lowest BCUT2D eigenvalue weighted by Gasteiger charge is -2.12. The summed E-state index contributed by atoms with van der Waals surface area (Å²) in [7, 11) is -3.97. The molecule has 0 aliphatic rings. The number of aryl methyl sites for hydroxylation is 2. The normalized spacial score (nSPS) is 11.2. The Balaban J connectivity index is 2.44. The number of hydrogen-bond donors (Lipinski definition) is 2. The minimum Gasteiger partial charge on any atom is -0.366 e. The van der Waals surface area contributed by atoms with Gasteiger partial charge < -0.3 is 5.73 Å². The molecule has 0 aliphatic heterocycles. The maximum absolute atomic E-state index is 13.4. The van der Waals surface area contributed by atoms with Gasteiger partial charge in [0.15, 0.2) is 0 Å². The molecule has 0 fully saturated rings. The molecular formula is C15H15FN2O3S. The molecule has 0 aliphatic carbocycles. The second kappa shape index (κ2) is 5.76. The number of primary amides is 1. The topological polar surface area (TPSA) is 89.3 Å². The summed E-state index contributed by atoms with van der Waals surface area (Å²) in [5.41, 5.74) is 6.68. The van der Waals surface area contributed by atoms with Gasteiger partial charge in [-0.05, 0) is 55.3 Å². The fourth-order valence-corrected chi connectivity index (χ4v) is 3.18. The summed E-state index contributed by atoms with van der Waals surface area (Å²) in [6, 6.07) is 7.96. The maximum Gasteiger partial charge on any atom is 0.262 e. The lowest BCUT2D eigenvalue weighted by atomic mass is 10.1. The Kier molecular flexibility index (Phi) is 4.18. The molecule has 0 saturated heterocycles. The number of rotatable bonds is 4. The number of carbonyl (C=O) groups is 1. The zero-order chi connectivity index (χ0) is 16.5. The minimum atomic E-state index is -3.97. The number of hydrogen-bond acceptors (Lipinski definition) is 3. The summed E-state index contributed by atoms with van der Waals surface area (Å²) in [6.45, 7) is 3.28. The van der Waals surface area contributed by atoms with E-state index in [-0.39, 0.29) is 16.1 Å². The number of sulfonamides is 1. The van der Waals surface area contributed by atoms with Gasteiger partial charge >= 0.3 is 0 Å².